The van der Waals surface area contributed by atoms with E-state index >= 15 is 0 Å². The Bertz CT molecular complexity index is 2250. The Kier molecular flexibility index (Phi) is 12.8. The van der Waals surface area contributed by atoms with E-state index in [9.17, 15) is 30.0 Å². The van der Waals surface area contributed by atoms with E-state index in [1.54, 1.807) is 36.5 Å². The van der Waals surface area contributed by atoms with Crippen LogP contribution in [0, 0.1) is 10.8 Å². The van der Waals surface area contributed by atoms with E-state index in [2.05, 4.69) is 35.1 Å². The van der Waals surface area contributed by atoms with E-state index in [-0.39, 0.29) is 61.8 Å². The highest BCUT2D eigenvalue weighted by Gasteiger charge is 2.49. The van der Waals surface area contributed by atoms with Crippen LogP contribution in [0.4, 0.5) is 11.9 Å². The molecule has 5 N–H and O–H groups in total. The number of benzene rings is 2. The maximum atomic E-state index is 13.1. The van der Waals surface area contributed by atoms with Gasteiger partial charge in [-0.25, -0.2) is 14.8 Å². The SMILES string of the molecule is O=C(NC1CCC(O)CC1)c1cnc(N2CCC3(CC3)C2)nc1OCc1ccc(CO)c(Cl)c1.O=C(O)c1cnc(N2CCC3(CC3)C2)nc1OCc1ccc(CO)c(Cl)c1. The maximum absolute atomic E-state index is 13.1. The zero-order valence-electron chi connectivity index (χ0n) is 33.9. The van der Waals surface area contributed by atoms with Crippen LogP contribution in [0.5, 0.6) is 11.8 Å². The number of carbonyl (C=O) groups excluding carboxylic acids is 1. The van der Waals surface area contributed by atoms with Crippen LogP contribution in [0.25, 0.3) is 0 Å². The van der Waals surface area contributed by atoms with Gasteiger partial charge in [0.1, 0.15) is 24.3 Å². The number of aliphatic hydroxyl groups is 3. The molecule has 9 rings (SSSR count). The molecule has 2 aliphatic heterocycles. The Labute approximate surface area is 364 Å². The number of hydrogen-bond acceptors (Lipinski definition) is 13. The number of anilines is 2. The fraction of sp³-hybridized carbons (Fsp3) is 0.500. The predicted molar refractivity (Wildman–Crippen MR) is 227 cm³/mol. The molecule has 324 valence electrons. The summed E-state index contributed by atoms with van der Waals surface area (Å²) >= 11 is 12.3. The number of aliphatic hydroxyl groups excluding tert-OH is 3. The summed E-state index contributed by atoms with van der Waals surface area (Å²) in [6.07, 6.45) is 12.7. The summed E-state index contributed by atoms with van der Waals surface area (Å²) in [6.45, 7) is 3.67. The van der Waals surface area contributed by atoms with Crippen LogP contribution in [0.1, 0.15) is 107 Å². The van der Waals surface area contributed by atoms with Crippen LogP contribution in [0.2, 0.25) is 10.0 Å². The summed E-state index contributed by atoms with van der Waals surface area (Å²) < 4.78 is 11.7. The second-order valence-electron chi connectivity index (χ2n) is 17.1. The first-order chi connectivity index (χ1) is 29.4. The van der Waals surface area contributed by atoms with Crippen molar-refractivity contribution in [1.82, 2.24) is 25.3 Å². The standard InChI is InChI=1S/C25H31ClN4O4.C19H20ClN3O4/c26-21-11-16(1-2-17(21)13-31)14-34-23-20(22(33)28-18-3-5-19(32)6-4-18)12-27-24(29-23)30-10-9-25(15-30)7-8-25;20-15-7-12(1-2-13(15)9-24)10-27-16-14(17(25)26)8-21-18(22-16)23-6-5-19(11-23)3-4-19/h1-2,11-12,18-19,31-32H,3-10,13-15H2,(H,28,33);1-2,7-8,24H,3-6,9-11H2,(H,25,26). The van der Waals surface area contributed by atoms with Crippen molar-refractivity contribution >= 4 is 47.0 Å². The van der Waals surface area contributed by atoms with Gasteiger partial charge < -0.3 is 45.0 Å². The first-order valence-electron chi connectivity index (χ1n) is 20.9. The van der Waals surface area contributed by atoms with Crippen LogP contribution in [-0.2, 0) is 26.4 Å². The van der Waals surface area contributed by atoms with E-state index in [1.165, 1.54) is 31.9 Å². The summed E-state index contributed by atoms with van der Waals surface area (Å²) in [6, 6.07) is 10.5. The van der Waals surface area contributed by atoms with Gasteiger partial charge in [-0.15, -0.1) is 0 Å². The fourth-order valence-corrected chi connectivity index (χ4v) is 8.85. The van der Waals surface area contributed by atoms with E-state index in [0.717, 1.165) is 63.0 Å². The minimum Gasteiger partial charge on any atom is -0.477 e. The van der Waals surface area contributed by atoms with Crippen molar-refractivity contribution in [2.45, 2.75) is 103 Å². The number of aromatic nitrogens is 4. The highest BCUT2D eigenvalue weighted by Crippen LogP contribution is 2.54. The van der Waals surface area contributed by atoms with Crippen molar-refractivity contribution in [3.63, 3.8) is 0 Å². The van der Waals surface area contributed by atoms with Crippen LogP contribution < -0.4 is 24.6 Å². The van der Waals surface area contributed by atoms with Crippen LogP contribution in [-0.4, -0.2) is 90.6 Å². The zero-order valence-corrected chi connectivity index (χ0v) is 35.4. The third-order valence-electron chi connectivity index (χ3n) is 12.7. The Morgan fingerprint density at radius 1 is 0.721 bits per heavy atom. The van der Waals surface area contributed by atoms with Gasteiger partial charge in [-0.3, -0.25) is 4.79 Å². The van der Waals surface area contributed by atoms with Crippen LogP contribution >= 0.6 is 23.2 Å². The topological polar surface area (TPSA) is 204 Å². The largest absolute Gasteiger partial charge is 0.477 e. The molecule has 2 aromatic carbocycles. The second-order valence-corrected chi connectivity index (χ2v) is 18.0. The normalized spacial score (nSPS) is 20.6. The van der Waals surface area contributed by atoms with Crippen LogP contribution in [0.15, 0.2) is 48.8 Å². The van der Waals surface area contributed by atoms with Gasteiger partial charge in [0.25, 0.3) is 5.91 Å². The Morgan fingerprint density at radius 3 is 1.62 bits per heavy atom. The quantitative estimate of drug-likeness (QED) is 0.103. The summed E-state index contributed by atoms with van der Waals surface area (Å²) in [5.41, 5.74) is 3.91. The van der Waals surface area contributed by atoms with Crippen molar-refractivity contribution in [1.29, 1.82) is 0 Å². The maximum Gasteiger partial charge on any atom is 0.342 e. The number of carboxylic acids is 1. The molecule has 5 aliphatic rings. The third-order valence-corrected chi connectivity index (χ3v) is 13.4. The minimum atomic E-state index is -1.13. The van der Waals surface area contributed by atoms with E-state index in [4.69, 9.17) is 32.7 Å². The number of rotatable bonds is 13. The van der Waals surface area contributed by atoms with Crippen molar-refractivity contribution in [3.05, 3.63) is 92.2 Å². The molecule has 0 bridgehead atoms. The number of halogens is 2. The lowest BCUT2D eigenvalue weighted by Gasteiger charge is -2.26. The van der Waals surface area contributed by atoms with E-state index < -0.39 is 5.97 Å². The molecule has 15 nitrogen and oxygen atoms in total. The monoisotopic (exact) mass is 875 g/mol. The Hall–Kier alpha value is -4.80. The van der Waals surface area contributed by atoms with Gasteiger partial charge in [-0.1, -0.05) is 47.5 Å². The average Bonchev–Trinajstić information content (AvgIpc) is 4.11. The number of ether oxygens (including phenoxy) is 2. The molecule has 0 atom stereocenters. The van der Waals surface area contributed by atoms with Gasteiger partial charge in [0.2, 0.25) is 23.7 Å². The second kappa shape index (κ2) is 18.3. The summed E-state index contributed by atoms with van der Waals surface area (Å²) in [5, 5.41) is 41.6. The van der Waals surface area contributed by atoms with Crippen molar-refractivity contribution in [2.75, 3.05) is 36.0 Å². The number of carboxylic acid groups (broad SMARTS) is 1. The summed E-state index contributed by atoms with van der Waals surface area (Å²) in [5.74, 6) is -0.0109. The molecule has 0 unspecified atom stereocenters. The van der Waals surface area contributed by atoms with Gasteiger partial charge >= 0.3 is 5.97 Å². The molecular formula is C44H51Cl2N7O8. The molecule has 2 aromatic heterocycles. The van der Waals surface area contributed by atoms with Gasteiger partial charge in [0, 0.05) is 48.5 Å². The number of aromatic carboxylic acids is 1. The molecule has 2 saturated heterocycles. The number of amides is 1. The smallest absolute Gasteiger partial charge is 0.342 e. The molecule has 5 fully saturated rings. The molecule has 1 amide bonds. The van der Waals surface area contributed by atoms with E-state index in [0.29, 0.717) is 62.3 Å². The molecule has 2 spiro atoms. The van der Waals surface area contributed by atoms with Crippen molar-refractivity contribution < 1.29 is 39.5 Å². The predicted octanol–water partition coefficient (Wildman–Crippen LogP) is 6.11. The lowest BCUT2D eigenvalue weighted by atomic mass is 9.93. The fourth-order valence-electron chi connectivity index (χ4n) is 8.33. The molecule has 3 saturated carbocycles. The number of nitrogens with zero attached hydrogens (tertiary/aromatic N) is 6. The third kappa shape index (κ3) is 10.3. The summed E-state index contributed by atoms with van der Waals surface area (Å²) in [4.78, 5) is 46.7. The minimum absolute atomic E-state index is 0.0153. The molecule has 4 aromatic rings. The molecule has 4 heterocycles. The number of nitrogens with one attached hydrogen (secondary N) is 1. The van der Waals surface area contributed by atoms with Gasteiger partial charge in [-0.2, -0.15) is 9.97 Å². The van der Waals surface area contributed by atoms with Gasteiger partial charge in [-0.05, 0) is 109 Å². The van der Waals surface area contributed by atoms with Crippen molar-refractivity contribution in [3.8, 4) is 11.8 Å². The highest BCUT2D eigenvalue weighted by molar-refractivity contribution is 6.31. The summed E-state index contributed by atoms with van der Waals surface area (Å²) in [7, 11) is 0. The van der Waals surface area contributed by atoms with Crippen LogP contribution in [0.3, 0.4) is 0 Å². The lowest BCUT2D eigenvalue weighted by molar-refractivity contribution is 0.0689. The first-order valence-corrected chi connectivity index (χ1v) is 21.7. The average molecular weight is 877 g/mol. The van der Waals surface area contributed by atoms with Crippen molar-refractivity contribution in [2.24, 2.45) is 10.8 Å². The van der Waals surface area contributed by atoms with E-state index in [1.807, 2.05) is 6.07 Å². The molecular weight excluding hydrogens is 825 g/mol. The first kappa shape index (κ1) is 42.9. The van der Waals surface area contributed by atoms with Gasteiger partial charge in [0.15, 0.2) is 0 Å². The van der Waals surface area contributed by atoms with Gasteiger partial charge in [0.05, 0.1) is 25.5 Å². The highest BCUT2D eigenvalue weighted by atomic mass is 35.5. The Morgan fingerprint density at radius 2 is 1.20 bits per heavy atom. The lowest BCUT2D eigenvalue weighted by Crippen LogP contribution is -2.39. The zero-order chi connectivity index (χ0) is 42.7. The molecule has 3 aliphatic carbocycles. The Balaban J connectivity index is 0.000000173. The molecule has 0 radical (unpaired) electrons. The number of hydrogen-bond donors (Lipinski definition) is 5. The number of carbonyl (C=O) groups is 2. The molecule has 61 heavy (non-hydrogen) atoms. The molecule has 17 heteroatoms.